The van der Waals surface area contributed by atoms with Gasteiger partial charge >= 0.3 is 0 Å². The van der Waals surface area contributed by atoms with Crippen molar-refractivity contribution in [2.75, 3.05) is 13.7 Å². The zero-order valence-electron chi connectivity index (χ0n) is 40.5. The van der Waals surface area contributed by atoms with E-state index in [9.17, 15) is 44.7 Å². The summed E-state index contributed by atoms with van der Waals surface area (Å²) in [6.07, 6.45) is 14.4. The molecule has 0 spiro atoms. The van der Waals surface area contributed by atoms with E-state index in [1.165, 1.54) is 47.6 Å². The van der Waals surface area contributed by atoms with Crippen molar-refractivity contribution in [3.8, 4) is 17.2 Å². The number of nitrogens with one attached hydrogen (secondary N) is 1. The minimum atomic E-state index is -2.32. The number of Topliss-reactive ketones (excluding diaryl/α,β-unsaturated/α-hetero) is 1. The molecule has 0 radical (unpaired) electrons. The van der Waals surface area contributed by atoms with Gasteiger partial charge in [0.15, 0.2) is 17.9 Å². The van der Waals surface area contributed by atoms with Gasteiger partial charge in [-0.2, -0.15) is 0 Å². The van der Waals surface area contributed by atoms with Gasteiger partial charge < -0.3 is 45.1 Å². The number of ether oxygens (including phenoxy) is 3. The fourth-order valence-electron chi connectivity index (χ4n) is 9.20. The van der Waals surface area contributed by atoms with Crippen molar-refractivity contribution in [2.45, 2.75) is 168 Å². The molecule has 1 saturated heterocycles. The molecule has 6 atom stereocenters. The maximum absolute atomic E-state index is 14.0. The number of hydrogen-bond donors (Lipinski definition) is 6. The van der Waals surface area contributed by atoms with Gasteiger partial charge in [0.05, 0.1) is 42.0 Å². The fraction of sp³-hybridized carbons (Fsp3) is 0.519. The Morgan fingerprint density at radius 1 is 0.791 bits per heavy atom. The van der Waals surface area contributed by atoms with Crippen molar-refractivity contribution in [3.63, 3.8) is 0 Å². The number of amides is 1. The number of hydrogen-bond acceptors (Lipinski definition) is 12. The Kier molecular flexibility index (Phi) is 18.7. The molecule has 13 nitrogen and oxygen atoms in total. The molecule has 67 heavy (non-hydrogen) atoms. The van der Waals surface area contributed by atoms with E-state index in [-0.39, 0.29) is 46.8 Å². The second-order valence-electron chi connectivity index (χ2n) is 18.8. The van der Waals surface area contributed by atoms with Crippen LogP contribution in [-0.2, 0) is 25.5 Å². The summed E-state index contributed by atoms with van der Waals surface area (Å²) in [5, 5.41) is 58.9. The van der Waals surface area contributed by atoms with E-state index in [1.54, 1.807) is 6.92 Å². The highest BCUT2D eigenvalue weighted by Gasteiger charge is 2.50. The average Bonchev–Trinajstić information content (AvgIpc) is 3.28. The van der Waals surface area contributed by atoms with Gasteiger partial charge in [-0.1, -0.05) is 70.4 Å². The molecular formula is C54H71NO12. The van der Waals surface area contributed by atoms with Gasteiger partial charge in [-0.25, -0.2) is 0 Å². The molecule has 1 aliphatic heterocycles. The molecule has 1 heterocycles. The van der Waals surface area contributed by atoms with E-state index in [0.717, 1.165) is 56.9 Å². The standard InChI is InChI=1S/C54H71NO12/c1-31(2)15-11-18-34(5)21-12-19-32(3)16-9-10-17-33(4)20-13-22-35(6)25-26-43(58)55-39-27-44(66-36(7)49(39)59)67-41-29-54(64,42(57)30-56)28-38-46(41)53(63)48-47(51(38)61)50(60)37-23-14-24-40(65-8)45(37)52(48)62/h14-17,21-24,36,39,41,44,49,56,59,61,63-64H,9-13,18-20,25-30H2,1-8H3,(H,55,58)/b32-16-,33-17+,34-21-,35-22-. The Morgan fingerprint density at radius 2 is 1.36 bits per heavy atom. The quantitative estimate of drug-likeness (QED) is 0.0337. The molecule has 1 amide bonds. The van der Waals surface area contributed by atoms with Crippen LogP contribution in [0.15, 0.2) is 76.4 Å². The highest BCUT2D eigenvalue weighted by molar-refractivity contribution is 6.31. The van der Waals surface area contributed by atoms with Crippen molar-refractivity contribution in [1.82, 2.24) is 5.32 Å². The zero-order chi connectivity index (χ0) is 49.2. The predicted molar refractivity (Wildman–Crippen MR) is 256 cm³/mol. The Hall–Kier alpha value is -5.18. The van der Waals surface area contributed by atoms with Crippen molar-refractivity contribution in [2.24, 2.45) is 0 Å². The SMILES string of the molecule is COc1cccc2c1C(=O)c1c(O)c3c(c(O)c1C2=O)CC(O)(C(=O)CO)CC3OC1CC(NC(=O)CC/C(C)=C\CC/C(C)=C/CC/C=C(/C)CC/C=C(/C)CCC=C(C)C)C(O)C(C)O1. The van der Waals surface area contributed by atoms with Crippen LogP contribution in [-0.4, -0.2) is 92.6 Å². The van der Waals surface area contributed by atoms with Crippen LogP contribution in [0.5, 0.6) is 17.2 Å². The first-order chi connectivity index (χ1) is 31.8. The van der Waals surface area contributed by atoms with Crippen LogP contribution in [0, 0.1) is 0 Å². The number of methoxy groups -OCH3 is 1. The van der Waals surface area contributed by atoms with Crippen molar-refractivity contribution >= 4 is 23.3 Å². The molecule has 6 unspecified atom stereocenters. The van der Waals surface area contributed by atoms with Crippen LogP contribution in [0.3, 0.4) is 0 Å². The number of aliphatic hydroxyl groups excluding tert-OH is 2. The number of rotatable bonds is 21. The number of unbranched alkanes of at least 4 members (excludes halogenated alkanes) is 1. The summed E-state index contributed by atoms with van der Waals surface area (Å²) >= 11 is 0. The number of carbonyl (C=O) groups excluding carboxylic acids is 4. The number of carbonyl (C=O) groups is 4. The molecule has 2 aromatic rings. The number of phenols is 2. The van der Waals surface area contributed by atoms with Gasteiger partial charge in [0, 0.05) is 42.4 Å². The predicted octanol–water partition coefficient (Wildman–Crippen LogP) is 8.81. The molecule has 6 N–H and O–H groups in total. The van der Waals surface area contributed by atoms with Gasteiger partial charge in [0.2, 0.25) is 11.7 Å². The first kappa shape index (κ1) is 52.8. The molecule has 13 heteroatoms. The van der Waals surface area contributed by atoms with Crippen LogP contribution in [0.4, 0.5) is 0 Å². The van der Waals surface area contributed by atoms with Gasteiger partial charge in [0.1, 0.15) is 35.6 Å². The molecule has 2 aromatic carbocycles. The van der Waals surface area contributed by atoms with Crippen molar-refractivity contribution in [3.05, 3.63) is 110 Å². The van der Waals surface area contributed by atoms with Gasteiger partial charge in [-0.15, -0.1) is 0 Å². The molecule has 5 rings (SSSR count). The summed E-state index contributed by atoms with van der Waals surface area (Å²) in [5.74, 6) is -4.23. The fourth-order valence-corrected chi connectivity index (χ4v) is 9.20. The lowest BCUT2D eigenvalue weighted by atomic mass is 9.72. The van der Waals surface area contributed by atoms with Crippen LogP contribution < -0.4 is 10.1 Å². The zero-order valence-corrected chi connectivity index (χ0v) is 40.5. The largest absolute Gasteiger partial charge is 0.507 e. The summed E-state index contributed by atoms with van der Waals surface area (Å²) in [4.78, 5) is 54.1. The summed E-state index contributed by atoms with van der Waals surface area (Å²) < 4.78 is 17.7. The molecular weight excluding hydrogens is 855 g/mol. The molecule has 0 saturated carbocycles. The highest BCUT2D eigenvalue weighted by Crippen LogP contribution is 2.52. The van der Waals surface area contributed by atoms with Crippen LogP contribution in [0.2, 0.25) is 0 Å². The van der Waals surface area contributed by atoms with E-state index in [2.05, 4.69) is 70.3 Å². The number of benzene rings is 2. The molecule has 364 valence electrons. The number of ketones is 3. The minimum Gasteiger partial charge on any atom is -0.507 e. The maximum atomic E-state index is 14.0. The van der Waals surface area contributed by atoms with Crippen LogP contribution in [0.1, 0.15) is 175 Å². The molecule has 3 aliphatic rings. The Morgan fingerprint density at radius 3 is 1.94 bits per heavy atom. The van der Waals surface area contributed by atoms with E-state index < -0.39 is 95.7 Å². The normalized spacial score (nSPS) is 23.3. The maximum Gasteiger partial charge on any atom is 0.220 e. The van der Waals surface area contributed by atoms with Crippen molar-refractivity contribution in [1.29, 1.82) is 0 Å². The summed E-state index contributed by atoms with van der Waals surface area (Å²) in [7, 11) is 1.32. The first-order valence-corrected chi connectivity index (χ1v) is 23.6. The molecule has 0 aromatic heterocycles. The van der Waals surface area contributed by atoms with E-state index in [1.807, 2.05) is 6.92 Å². The monoisotopic (exact) mass is 925 g/mol. The van der Waals surface area contributed by atoms with Crippen LogP contribution in [0.25, 0.3) is 0 Å². The minimum absolute atomic E-state index is 0.0712. The van der Waals surface area contributed by atoms with E-state index in [0.29, 0.717) is 6.42 Å². The number of phenolic OH excluding ortho intramolecular Hbond substituents is 2. The first-order valence-electron chi connectivity index (χ1n) is 23.6. The lowest BCUT2D eigenvalue weighted by Gasteiger charge is -2.43. The number of aliphatic hydroxyl groups is 3. The molecule has 0 bridgehead atoms. The highest BCUT2D eigenvalue weighted by atomic mass is 16.7. The average molecular weight is 926 g/mol. The van der Waals surface area contributed by atoms with Gasteiger partial charge in [-0.05, 0) is 112 Å². The summed E-state index contributed by atoms with van der Waals surface area (Å²) in [6.45, 7) is 13.4. The number of fused-ring (bicyclic) bond motifs is 3. The second kappa shape index (κ2) is 23.7. The van der Waals surface area contributed by atoms with Crippen molar-refractivity contribution < 1.29 is 58.9 Å². The molecule has 1 fully saturated rings. The number of allylic oxidation sites excluding steroid dienone is 10. The third-order valence-electron chi connectivity index (χ3n) is 13.2. The summed E-state index contributed by atoms with van der Waals surface area (Å²) in [5.41, 5.74) is 2.76. The van der Waals surface area contributed by atoms with Gasteiger partial charge in [-0.3, -0.25) is 19.2 Å². The smallest absolute Gasteiger partial charge is 0.220 e. The Bertz CT molecular complexity index is 2330. The third kappa shape index (κ3) is 13.1. The second-order valence-corrected chi connectivity index (χ2v) is 18.8. The lowest BCUT2D eigenvalue weighted by Crippen LogP contribution is -2.55. The van der Waals surface area contributed by atoms with E-state index in [4.69, 9.17) is 14.2 Å². The third-order valence-corrected chi connectivity index (χ3v) is 13.2. The van der Waals surface area contributed by atoms with Gasteiger partial charge in [0.25, 0.3) is 0 Å². The lowest BCUT2D eigenvalue weighted by molar-refractivity contribution is -0.249. The topological polar surface area (TPSA) is 209 Å². The Balaban J connectivity index is 1.18. The molecule has 2 aliphatic carbocycles. The summed E-state index contributed by atoms with van der Waals surface area (Å²) in [6, 6.07) is 3.53. The van der Waals surface area contributed by atoms with E-state index >= 15 is 0 Å². The van der Waals surface area contributed by atoms with Crippen LogP contribution >= 0.6 is 0 Å². The Labute approximate surface area is 395 Å². The number of aromatic hydroxyl groups is 2.